The Kier molecular flexibility index (Phi) is 4.18. The second kappa shape index (κ2) is 5.93. The first-order valence-electron chi connectivity index (χ1n) is 7.50. The molecule has 2 bridgehead atoms. The van der Waals surface area contributed by atoms with Crippen molar-refractivity contribution in [2.75, 3.05) is 13.6 Å². The molecule has 1 amide bonds. The van der Waals surface area contributed by atoms with E-state index in [0.717, 1.165) is 12.8 Å². The molecule has 1 N–H and O–H groups in total. The van der Waals surface area contributed by atoms with Crippen LogP contribution in [0.4, 0.5) is 4.39 Å². The molecule has 3 rings (SSSR count). The monoisotopic (exact) mass is 310 g/mol. The minimum Gasteiger partial charge on any atom is -0.352 e. The van der Waals surface area contributed by atoms with Crippen LogP contribution in [0.5, 0.6) is 0 Å². The van der Waals surface area contributed by atoms with Gasteiger partial charge in [0.05, 0.1) is 5.56 Å². The highest BCUT2D eigenvalue weighted by Gasteiger charge is 2.38. The van der Waals surface area contributed by atoms with Gasteiger partial charge in [0.15, 0.2) is 0 Å². The Bertz CT molecular complexity index is 537. The van der Waals surface area contributed by atoms with Crippen LogP contribution < -0.4 is 5.32 Å². The van der Waals surface area contributed by atoms with Crippen molar-refractivity contribution in [3.05, 3.63) is 34.6 Å². The molecule has 5 heteroatoms. The van der Waals surface area contributed by atoms with E-state index in [1.807, 2.05) is 0 Å². The van der Waals surface area contributed by atoms with Gasteiger partial charge in [-0.25, -0.2) is 4.39 Å². The molecule has 2 heterocycles. The molecule has 2 aliphatic rings. The number of rotatable bonds is 3. The number of nitrogens with zero attached hydrogens (tertiary/aromatic N) is 1. The van der Waals surface area contributed by atoms with Crippen LogP contribution in [-0.4, -0.2) is 36.5 Å². The van der Waals surface area contributed by atoms with Gasteiger partial charge in [-0.05, 0) is 56.8 Å². The Morgan fingerprint density at radius 2 is 2.05 bits per heavy atom. The van der Waals surface area contributed by atoms with E-state index in [0.29, 0.717) is 29.6 Å². The molecule has 3 nitrogen and oxygen atoms in total. The molecule has 2 unspecified atom stereocenters. The van der Waals surface area contributed by atoms with Crippen LogP contribution in [0.2, 0.25) is 5.02 Å². The number of amides is 1. The largest absolute Gasteiger partial charge is 0.352 e. The van der Waals surface area contributed by atoms with Crippen molar-refractivity contribution in [1.82, 2.24) is 10.2 Å². The van der Waals surface area contributed by atoms with E-state index in [-0.39, 0.29) is 11.5 Å². The Hall–Kier alpha value is -1.13. The maximum absolute atomic E-state index is 13.6. The smallest absolute Gasteiger partial charge is 0.254 e. The summed E-state index contributed by atoms with van der Waals surface area (Å²) in [4.78, 5) is 14.6. The molecule has 2 fully saturated rings. The second-order valence-corrected chi connectivity index (χ2v) is 6.66. The van der Waals surface area contributed by atoms with Crippen molar-refractivity contribution in [2.45, 2.75) is 37.8 Å². The van der Waals surface area contributed by atoms with E-state index >= 15 is 0 Å². The topological polar surface area (TPSA) is 32.3 Å². The summed E-state index contributed by atoms with van der Waals surface area (Å²) in [6.07, 6.45) is 4.75. The van der Waals surface area contributed by atoms with Crippen LogP contribution in [0.1, 0.15) is 36.0 Å². The van der Waals surface area contributed by atoms with Gasteiger partial charge >= 0.3 is 0 Å². The first-order chi connectivity index (χ1) is 10.0. The Morgan fingerprint density at radius 3 is 2.71 bits per heavy atom. The van der Waals surface area contributed by atoms with E-state index in [9.17, 15) is 9.18 Å². The quantitative estimate of drug-likeness (QED) is 0.930. The lowest BCUT2D eigenvalue weighted by Gasteiger charge is -2.36. The molecule has 2 aliphatic heterocycles. The van der Waals surface area contributed by atoms with Crippen LogP contribution in [0.3, 0.4) is 0 Å². The Balaban J connectivity index is 1.58. The number of halogens is 2. The molecule has 0 aliphatic carbocycles. The summed E-state index contributed by atoms with van der Waals surface area (Å²) in [5.74, 6) is -0.411. The first-order valence-corrected chi connectivity index (χ1v) is 7.87. The highest BCUT2D eigenvalue weighted by atomic mass is 35.5. The van der Waals surface area contributed by atoms with Gasteiger partial charge < -0.3 is 10.2 Å². The van der Waals surface area contributed by atoms with Crippen molar-refractivity contribution >= 4 is 17.5 Å². The van der Waals surface area contributed by atoms with Gasteiger partial charge in [0.25, 0.3) is 5.91 Å². The van der Waals surface area contributed by atoms with Gasteiger partial charge in [-0.2, -0.15) is 0 Å². The predicted octanol–water partition coefficient (Wildman–Crippen LogP) is 3.08. The van der Waals surface area contributed by atoms with Crippen molar-refractivity contribution in [3.8, 4) is 0 Å². The van der Waals surface area contributed by atoms with Gasteiger partial charge in [-0.15, -0.1) is 0 Å². The lowest BCUT2D eigenvalue weighted by Crippen LogP contribution is -2.43. The minimum absolute atomic E-state index is 0.0263. The number of benzene rings is 1. The molecule has 0 spiro atoms. The normalized spacial score (nSPS) is 28.6. The standard InChI is InChI=1S/C16H20ClFN2O/c1-20-12-3-4-13(20)7-10(6-12)9-19-16(21)14-8-11(17)2-5-15(14)18/h2,5,8,10,12-13H,3-4,6-7,9H2,1H3,(H,19,21). The summed E-state index contributed by atoms with van der Waals surface area (Å²) in [6, 6.07) is 5.35. The van der Waals surface area contributed by atoms with E-state index in [1.165, 1.54) is 31.0 Å². The van der Waals surface area contributed by atoms with Gasteiger partial charge in [0.1, 0.15) is 5.82 Å². The van der Waals surface area contributed by atoms with Crippen molar-refractivity contribution < 1.29 is 9.18 Å². The molecule has 21 heavy (non-hydrogen) atoms. The van der Waals surface area contributed by atoms with Crippen LogP contribution in [-0.2, 0) is 0 Å². The lowest BCUT2D eigenvalue weighted by atomic mass is 9.91. The van der Waals surface area contributed by atoms with Crippen LogP contribution in [0.15, 0.2) is 18.2 Å². The number of carbonyl (C=O) groups is 1. The molecular weight excluding hydrogens is 291 g/mol. The first kappa shape index (κ1) is 14.8. The summed E-state index contributed by atoms with van der Waals surface area (Å²) >= 11 is 5.82. The zero-order chi connectivity index (χ0) is 15.0. The van der Waals surface area contributed by atoms with Gasteiger partial charge in [0.2, 0.25) is 0 Å². The Labute approximate surface area is 129 Å². The molecule has 114 valence electrons. The molecule has 0 saturated carbocycles. The lowest BCUT2D eigenvalue weighted by molar-refractivity contribution is 0.0913. The fourth-order valence-electron chi connectivity index (χ4n) is 3.69. The minimum atomic E-state index is -0.527. The highest BCUT2D eigenvalue weighted by Crippen LogP contribution is 2.37. The van der Waals surface area contributed by atoms with Crippen LogP contribution in [0, 0.1) is 11.7 Å². The zero-order valence-corrected chi connectivity index (χ0v) is 12.9. The Morgan fingerprint density at radius 1 is 1.38 bits per heavy atom. The number of hydrogen-bond acceptors (Lipinski definition) is 2. The molecule has 0 radical (unpaired) electrons. The third kappa shape index (κ3) is 3.06. The average molecular weight is 311 g/mol. The maximum atomic E-state index is 13.6. The summed E-state index contributed by atoms with van der Waals surface area (Å²) in [5, 5.41) is 3.24. The fraction of sp³-hybridized carbons (Fsp3) is 0.562. The van der Waals surface area contributed by atoms with E-state index in [4.69, 9.17) is 11.6 Å². The number of hydrogen-bond donors (Lipinski definition) is 1. The van der Waals surface area contributed by atoms with Gasteiger partial charge in [0, 0.05) is 23.7 Å². The summed E-state index contributed by atoms with van der Waals surface area (Å²) in [6.45, 7) is 0.617. The zero-order valence-electron chi connectivity index (χ0n) is 12.1. The second-order valence-electron chi connectivity index (χ2n) is 6.22. The van der Waals surface area contributed by atoms with Crippen molar-refractivity contribution in [2.24, 2.45) is 5.92 Å². The maximum Gasteiger partial charge on any atom is 0.254 e. The van der Waals surface area contributed by atoms with Gasteiger partial charge in [-0.1, -0.05) is 11.6 Å². The molecule has 1 aromatic rings. The molecule has 1 aromatic carbocycles. The summed E-state index contributed by atoms with van der Waals surface area (Å²) < 4.78 is 13.6. The molecule has 0 aromatic heterocycles. The third-order valence-electron chi connectivity index (χ3n) is 4.92. The number of nitrogens with one attached hydrogen (secondary N) is 1. The van der Waals surface area contributed by atoms with Crippen molar-refractivity contribution in [1.29, 1.82) is 0 Å². The van der Waals surface area contributed by atoms with Crippen LogP contribution in [0.25, 0.3) is 0 Å². The van der Waals surface area contributed by atoms with E-state index in [2.05, 4.69) is 17.3 Å². The van der Waals surface area contributed by atoms with Crippen molar-refractivity contribution in [3.63, 3.8) is 0 Å². The average Bonchev–Trinajstić information content (AvgIpc) is 2.69. The summed E-state index contributed by atoms with van der Waals surface area (Å²) in [5.41, 5.74) is 0.0263. The molecular formula is C16H20ClFN2O. The highest BCUT2D eigenvalue weighted by molar-refractivity contribution is 6.30. The van der Waals surface area contributed by atoms with E-state index < -0.39 is 5.82 Å². The fourth-order valence-corrected chi connectivity index (χ4v) is 3.87. The molecule has 2 atom stereocenters. The van der Waals surface area contributed by atoms with Crippen LogP contribution >= 0.6 is 11.6 Å². The third-order valence-corrected chi connectivity index (χ3v) is 5.16. The number of piperidine rings is 1. The SMILES string of the molecule is CN1C2CCC1CC(CNC(=O)c1cc(Cl)ccc1F)C2. The number of fused-ring (bicyclic) bond motifs is 2. The molecule has 2 saturated heterocycles. The summed E-state index contributed by atoms with van der Waals surface area (Å²) in [7, 11) is 2.19. The number of carbonyl (C=O) groups excluding carboxylic acids is 1. The predicted molar refractivity (Wildman–Crippen MR) is 81.0 cm³/mol. The van der Waals surface area contributed by atoms with Gasteiger partial charge in [-0.3, -0.25) is 4.79 Å². The van der Waals surface area contributed by atoms with E-state index in [1.54, 1.807) is 0 Å².